The van der Waals surface area contributed by atoms with E-state index in [1.807, 2.05) is 0 Å². The molecule has 3 fully saturated rings. The molecule has 2 unspecified atom stereocenters. The minimum absolute atomic E-state index is 0.258. The zero-order chi connectivity index (χ0) is 13.1. The summed E-state index contributed by atoms with van der Waals surface area (Å²) in [7, 11) is 0. The molecule has 3 rings (SSSR count). The first-order valence-electron chi connectivity index (χ1n) is 7.92. The van der Waals surface area contributed by atoms with Crippen LogP contribution in [0.2, 0.25) is 0 Å². The van der Waals surface area contributed by atoms with Crippen LogP contribution in [0.1, 0.15) is 51.9 Å². The highest BCUT2D eigenvalue weighted by molar-refractivity contribution is 5.08. The quantitative estimate of drug-likeness (QED) is 0.796. The van der Waals surface area contributed by atoms with Crippen molar-refractivity contribution in [3.8, 4) is 0 Å². The first-order chi connectivity index (χ1) is 9.26. The van der Waals surface area contributed by atoms with E-state index in [4.69, 9.17) is 9.47 Å². The average molecular weight is 265 g/mol. The number of nitrogens with one attached hydrogen (secondary N) is 1. The Morgan fingerprint density at radius 3 is 2.89 bits per heavy atom. The Balaban J connectivity index is 1.50. The third kappa shape index (κ3) is 3.39. The molecule has 2 atom stereocenters. The molecule has 0 aromatic rings. The van der Waals surface area contributed by atoms with Crippen molar-refractivity contribution in [2.45, 2.75) is 69.6 Å². The van der Waals surface area contributed by atoms with Crippen molar-refractivity contribution in [3.63, 3.8) is 0 Å². The molecule has 0 radical (unpaired) electrons. The van der Waals surface area contributed by atoms with E-state index >= 15 is 0 Å². The van der Waals surface area contributed by atoms with Crippen LogP contribution in [0.15, 0.2) is 11.6 Å². The first-order valence-corrected chi connectivity index (χ1v) is 7.92. The Morgan fingerprint density at radius 2 is 2.16 bits per heavy atom. The van der Waals surface area contributed by atoms with Gasteiger partial charge in [-0.15, -0.1) is 0 Å². The van der Waals surface area contributed by atoms with E-state index < -0.39 is 0 Å². The van der Waals surface area contributed by atoms with Crippen LogP contribution >= 0.6 is 0 Å². The van der Waals surface area contributed by atoms with E-state index in [0.29, 0.717) is 12.1 Å². The SMILES string of the molecule is CC(=CC1CCC2(CCCC2)O1)CC1COCCN1. The topological polar surface area (TPSA) is 30.5 Å². The van der Waals surface area contributed by atoms with E-state index in [1.54, 1.807) is 0 Å². The van der Waals surface area contributed by atoms with Gasteiger partial charge in [0.1, 0.15) is 0 Å². The Labute approximate surface area is 116 Å². The van der Waals surface area contributed by atoms with Crippen LogP contribution in [0.5, 0.6) is 0 Å². The predicted octanol–water partition coefficient (Wildman–Crippen LogP) is 2.80. The summed E-state index contributed by atoms with van der Waals surface area (Å²) in [4.78, 5) is 0. The minimum atomic E-state index is 0.258. The van der Waals surface area contributed by atoms with Gasteiger partial charge in [0.25, 0.3) is 0 Å². The molecule has 3 nitrogen and oxygen atoms in total. The highest BCUT2D eigenvalue weighted by Crippen LogP contribution is 2.43. The van der Waals surface area contributed by atoms with Crippen molar-refractivity contribution >= 4 is 0 Å². The standard InChI is InChI=1S/C16H27NO2/c1-13(10-14-12-18-9-8-17-14)11-15-4-7-16(19-15)5-2-3-6-16/h11,14-15,17H,2-10,12H2,1H3. The van der Waals surface area contributed by atoms with Crippen molar-refractivity contribution in [1.29, 1.82) is 0 Å². The van der Waals surface area contributed by atoms with Crippen molar-refractivity contribution in [1.82, 2.24) is 5.32 Å². The normalized spacial score (nSPS) is 35.1. The molecule has 0 bridgehead atoms. The van der Waals surface area contributed by atoms with Crippen LogP contribution in [0.4, 0.5) is 0 Å². The van der Waals surface area contributed by atoms with Gasteiger partial charge in [0.15, 0.2) is 0 Å². The third-order valence-corrected chi connectivity index (χ3v) is 4.84. The lowest BCUT2D eigenvalue weighted by molar-refractivity contribution is -0.0182. The molecule has 1 saturated carbocycles. The Hall–Kier alpha value is -0.380. The molecule has 2 saturated heterocycles. The van der Waals surface area contributed by atoms with Gasteiger partial charge in [-0.05, 0) is 39.0 Å². The zero-order valence-corrected chi connectivity index (χ0v) is 12.1. The van der Waals surface area contributed by atoms with Crippen molar-refractivity contribution in [3.05, 3.63) is 11.6 Å². The number of rotatable bonds is 3. The monoisotopic (exact) mass is 265 g/mol. The summed E-state index contributed by atoms with van der Waals surface area (Å²) in [6.45, 7) is 4.93. The lowest BCUT2D eigenvalue weighted by Gasteiger charge is -2.25. The molecule has 0 aromatic carbocycles. The smallest absolute Gasteiger partial charge is 0.0766 e. The van der Waals surface area contributed by atoms with Gasteiger partial charge < -0.3 is 14.8 Å². The summed E-state index contributed by atoms with van der Waals surface area (Å²) in [5.41, 5.74) is 1.70. The molecule has 1 N–H and O–H groups in total. The van der Waals surface area contributed by atoms with Crippen molar-refractivity contribution < 1.29 is 9.47 Å². The molecule has 3 heteroatoms. The molecular formula is C16H27NO2. The summed E-state index contributed by atoms with van der Waals surface area (Å²) in [5.74, 6) is 0. The molecule has 2 aliphatic heterocycles. The van der Waals surface area contributed by atoms with Crippen LogP contribution < -0.4 is 5.32 Å². The van der Waals surface area contributed by atoms with Gasteiger partial charge >= 0.3 is 0 Å². The highest BCUT2D eigenvalue weighted by atomic mass is 16.5. The maximum Gasteiger partial charge on any atom is 0.0766 e. The minimum Gasteiger partial charge on any atom is -0.379 e. The summed E-state index contributed by atoms with van der Waals surface area (Å²) >= 11 is 0. The summed E-state index contributed by atoms with van der Waals surface area (Å²) < 4.78 is 11.8. The number of morpholine rings is 1. The fourth-order valence-corrected chi connectivity index (χ4v) is 3.87. The Morgan fingerprint density at radius 1 is 1.32 bits per heavy atom. The second-order valence-electron chi connectivity index (χ2n) is 6.53. The number of hydrogen-bond donors (Lipinski definition) is 1. The lowest BCUT2D eigenvalue weighted by Crippen LogP contribution is -2.41. The van der Waals surface area contributed by atoms with Crippen LogP contribution in [-0.2, 0) is 9.47 Å². The van der Waals surface area contributed by atoms with Gasteiger partial charge in [-0.2, -0.15) is 0 Å². The molecule has 2 heterocycles. The molecule has 19 heavy (non-hydrogen) atoms. The fraction of sp³-hybridized carbons (Fsp3) is 0.875. The largest absolute Gasteiger partial charge is 0.379 e. The lowest BCUT2D eigenvalue weighted by atomic mass is 9.98. The van der Waals surface area contributed by atoms with E-state index in [1.165, 1.54) is 44.1 Å². The summed E-state index contributed by atoms with van der Waals surface area (Å²) in [5, 5.41) is 3.52. The molecule has 108 valence electrons. The van der Waals surface area contributed by atoms with Crippen LogP contribution in [0.25, 0.3) is 0 Å². The van der Waals surface area contributed by atoms with E-state index in [9.17, 15) is 0 Å². The summed E-state index contributed by atoms with van der Waals surface area (Å²) in [6, 6.07) is 0.492. The van der Waals surface area contributed by atoms with Gasteiger partial charge in [0, 0.05) is 12.6 Å². The van der Waals surface area contributed by atoms with Crippen LogP contribution in [0, 0.1) is 0 Å². The van der Waals surface area contributed by atoms with E-state index in [2.05, 4.69) is 18.3 Å². The van der Waals surface area contributed by atoms with Gasteiger partial charge in [0.2, 0.25) is 0 Å². The molecule has 1 spiro atoms. The number of hydrogen-bond acceptors (Lipinski definition) is 3. The van der Waals surface area contributed by atoms with Crippen LogP contribution in [-0.4, -0.2) is 37.5 Å². The van der Waals surface area contributed by atoms with Gasteiger partial charge in [-0.25, -0.2) is 0 Å². The first kappa shape index (κ1) is 13.6. The Bertz CT molecular complexity index is 328. The molecular weight excluding hydrogens is 238 g/mol. The summed E-state index contributed by atoms with van der Waals surface area (Å²) in [6.07, 6.45) is 11.6. The maximum atomic E-state index is 6.34. The zero-order valence-electron chi connectivity index (χ0n) is 12.1. The molecule has 0 aromatic heterocycles. The average Bonchev–Trinajstić information content (AvgIpc) is 3.02. The molecule has 3 aliphatic rings. The second kappa shape index (κ2) is 5.94. The maximum absolute atomic E-state index is 6.34. The van der Waals surface area contributed by atoms with Gasteiger partial charge in [-0.1, -0.05) is 24.5 Å². The van der Waals surface area contributed by atoms with E-state index in [0.717, 1.165) is 26.2 Å². The third-order valence-electron chi connectivity index (χ3n) is 4.84. The number of ether oxygens (including phenoxy) is 2. The van der Waals surface area contributed by atoms with Gasteiger partial charge in [-0.3, -0.25) is 0 Å². The van der Waals surface area contributed by atoms with Crippen LogP contribution in [0.3, 0.4) is 0 Å². The van der Waals surface area contributed by atoms with Crippen molar-refractivity contribution in [2.24, 2.45) is 0 Å². The highest BCUT2D eigenvalue weighted by Gasteiger charge is 2.41. The fourth-order valence-electron chi connectivity index (χ4n) is 3.87. The van der Waals surface area contributed by atoms with E-state index in [-0.39, 0.29) is 5.60 Å². The van der Waals surface area contributed by atoms with Gasteiger partial charge in [0.05, 0.1) is 24.9 Å². The molecule has 0 amide bonds. The Kier molecular flexibility index (Phi) is 4.25. The van der Waals surface area contributed by atoms with Crippen molar-refractivity contribution in [2.75, 3.05) is 19.8 Å². The predicted molar refractivity (Wildman–Crippen MR) is 76.3 cm³/mol. The molecule has 1 aliphatic carbocycles. The second-order valence-corrected chi connectivity index (χ2v) is 6.53.